The van der Waals surface area contributed by atoms with E-state index in [4.69, 9.17) is 4.74 Å². The van der Waals surface area contributed by atoms with Crippen molar-refractivity contribution in [3.63, 3.8) is 0 Å². The van der Waals surface area contributed by atoms with Crippen LogP contribution in [0.15, 0.2) is 46.1 Å². The van der Waals surface area contributed by atoms with Gasteiger partial charge in [0.2, 0.25) is 5.88 Å². The first-order chi connectivity index (χ1) is 13.6. The molecule has 0 radical (unpaired) electrons. The Kier molecular flexibility index (Phi) is 4.92. The highest BCUT2D eigenvalue weighted by Crippen LogP contribution is 2.25. The SMILES string of the molecule is CC1=C(C)N(C)C(=C=Cc2c(C)[nH]n(-c3cc(C(=O)O)cc(C(=O)O)c3)c2=O)O1. The lowest BCUT2D eigenvalue weighted by atomic mass is 10.1. The third-order valence-corrected chi connectivity index (χ3v) is 4.69. The summed E-state index contributed by atoms with van der Waals surface area (Å²) < 4.78 is 6.69. The Bertz CT molecular complexity index is 1160. The van der Waals surface area contributed by atoms with Gasteiger partial charge >= 0.3 is 11.9 Å². The third kappa shape index (κ3) is 3.59. The number of hydrogen-bond donors (Lipinski definition) is 3. The number of aryl methyl sites for hydroxylation is 1. The molecule has 2 heterocycles. The number of benzene rings is 1. The molecule has 0 aliphatic carbocycles. The number of carboxylic acid groups (broad SMARTS) is 2. The van der Waals surface area contributed by atoms with Crippen molar-refractivity contribution in [3.05, 3.63) is 74.0 Å². The standard InChI is InChI=1S/C20H19N3O6/c1-10-16(5-6-17-22(4)11(2)12(3)29-17)18(24)23(21-10)15-8-13(19(25)26)7-14(9-15)20(27)28/h5,7-9,21H,1-4H3,(H,25,26)(H,27,28). The van der Waals surface area contributed by atoms with Gasteiger partial charge in [0.05, 0.1) is 28.1 Å². The number of carboxylic acids is 2. The number of aromatic nitrogens is 2. The van der Waals surface area contributed by atoms with Crippen LogP contribution < -0.4 is 5.56 Å². The second-order valence-electron chi connectivity index (χ2n) is 6.57. The van der Waals surface area contributed by atoms with E-state index in [1.165, 1.54) is 18.2 Å². The summed E-state index contributed by atoms with van der Waals surface area (Å²) in [5.41, 5.74) is 3.81. The zero-order valence-corrected chi connectivity index (χ0v) is 16.2. The fourth-order valence-electron chi connectivity index (χ4n) is 2.83. The van der Waals surface area contributed by atoms with Gasteiger partial charge in [0.15, 0.2) is 0 Å². The number of aromatic amines is 1. The van der Waals surface area contributed by atoms with Gasteiger partial charge in [-0.15, -0.1) is 0 Å². The molecule has 0 spiro atoms. The van der Waals surface area contributed by atoms with Crippen LogP contribution in [-0.2, 0) is 4.74 Å². The molecule has 0 amide bonds. The summed E-state index contributed by atoms with van der Waals surface area (Å²) >= 11 is 0. The molecule has 3 N–H and O–H groups in total. The van der Waals surface area contributed by atoms with Crippen molar-refractivity contribution in [1.82, 2.24) is 14.7 Å². The molecule has 1 aliphatic rings. The van der Waals surface area contributed by atoms with Crippen molar-refractivity contribution in [1.29, 1.82) is 0 Å². The first kappa shape index (κ1) is 19.8. The Labute approximate surface area is 165 Å². The van der Waals surface area contributed by atoms with Crippen LogP contribution in [0, 0.1) is 6.92 Å². The Morgan fingerprint density at radius 1 is 1.10 bits per heavy atom. The number of allylic oxidation sites excluding steroid dienone is 2. The van der Waals surface area contributed by atoms with Crippen molar-refractivity contribution in [2.45, 2.75) is 20.8 Å². The van der Waals surface area contributed by atoms with E-state index in [2.05, 4.69) is 10.8 Å². The van der Waals surface area contributed by atoms with Crippen LogP contribution in [0.5, 0.6) is 0 Å². The lowest BCUT2D eigenvalue weighted by Gasteiger charge is -2.09. The average Bonchev–Trinajstić information content (AvgIpc) is 3.09. The highest BCUT2D eigenvalue weighted by Gasteiger charge is 2.20. The van der Waals surface area contributed by atoms with Gasteiger partial charge in [-0.3, -0.25) is 9.89 Å². The number of H-pyrrole nitrogens is 1. The summed E-state index contributed by atoms with van der Waals surface area (Å²) in [4.78, 5) is 37.3. The van der Waals surface area contributed by atoms with Crippen molar-refractivity contribution in [2.24, 2.45) is 0 Å². The summed E-state index contributed by atoms with van der Waals surface area (Å²) in [6.45, 7) is 5.39. The maximum atomic E-state index is 12.9. The maximum absolute atomic E-state index is 12.9. The zero-order valence-electron chi connectivity index (χ0n) is 16.2. The predicted octanol–water partition coefficient (Wildman–Crippen LogP) is 2.54. The molecule has 0 bridgehead atoms. The Balaban J connectivity index is 2.10. The average molecular weight is 397 g/mol. The van der Waals surface area contributed by atoms with E-state index in [9.17, 15) is 24.6 Å². The van der Waals surface area contributed by atoms with E-state index >= 15 is 0 Å². The minimum Gasteiger partial charge on any atom is -0.478 e. The minimum atomic E-state index is -1.30. The summed E-state index contributed by atoms with van der Waals surface area (Å²) in [5, 5.41) is 21.3. The van der Waals surface area contributed by atoms with Crippen LogP contribution >= 0.6 is 0 Å². The van der Waals surface area contributed by atoms with Crippen molar-refractivity contribution in [2.75, 3.05) is 7.05 Å². The van der Waals surface area contributed by atoms with Crippen molar-refractivity contribution < 1.29 is 24.5 Å². The summed E-state index contributed by atoms with van der Waals surface area (Å²) in [7, 11) is 1.81. The number of hydrogen-bond acceptors (Lipinski definition) is 5. The number of rotatable bonds is 4. The van der Waals surface area contributed by atoms with E-state index < -0.39 is 17.5 Å². The molecule has 0 saturated carbocycles. The van der Waals surface area contributed by atoms with E-state index in [-0.39, 0.29) is 22.4 Å². The van der Waals surface area contributed by atoms with Crippen LogP contribution in [-0.4, -0.2) is 43.9 Å². The summed E-state index contributed by atoms with van der Waals surface area (Å²) in [6.07, 6.45) is 1.47. The van der Waals surface area contributed by atoms with Crippen LogP contribution in [0.3, 0.4) is 0 Å². The van der Waals surface area contributed by atoms with Gasteiger partial charge < -0.3 is 19.8 Å². The van der Waals surface area contributed by atoms with Gasteiger partial charge in [-0.1, -0.05) is 5.73 Å². The van der Waals surface area contributed by atoms with Crippen LogP contribution in [0.2, 0.25) is 0 Å². The fraction of sp³-hybridized carbons (Fsp3) is 0.200. The Morgan fingerprint density at radius 2 is 1.69 bits per heavy atom. The Hall–Kier alpha value is -3.97. The van der Waals surface area contributed by atoms with Gasteiger partial charge in [-0.25, -0.2) is 14.3 Å². The van der Waals surface area contributed by atoms with E-state index in [1.807, 2.05) is 20.9 Å². The lowest BCUT2D eigenvalue weighted by Crippen LogP contribution is -2.17. The van der Waals surface area contributed by atoms with Crippen molar-refractivity contribution >= 4 is 18.0 Å². The first-order valence-corrected chi connectivity index (χ1v) is 8.59. The molecule has 2 aromatic rings. The highest BCUT2D eigenvalue weighted by molar-refractivity contribution is 5.94. The van der Waals surface area contributed by atoms with Crippen LogP contribution in [0.25, 0.3) is 11.8 Å². The molecule has 150 valence electrons. The number of aromatic carboxylic acids is 2. The normalized spacial score (nSPS) is 13.4. The van der Waals surface area contributed by atoms with Crippen LogP contribution in [0.1, 0.15) is 45.8 Å². The van der Waals surface area contributed by atoms with Gasteiger partial charge in [-0.2, -0.15) is 0 Å². The van der Waals surface area contributed by atoms with Gasteiger partial charge in [0.1, 0.15) is 5.76 Å². The van der Waals surface area contributed by atoms with Gasteiger partial charge in [0, 0.05) is 18.8 Å². The second-order valence-corrected chi connectivity index (χ2v) is 6.57. The van der Waals surface area contributed by atoms with Gasteiger partial charge in [-0.05, 0) is 39.0 Å². The second kappa shape index (κ2) is 7.21. The fourth-order valence-corrected chi connectivity index (χ4v) is 2.83. The first-order valence-electron chi connectivity index (χ1n) is 8.59. The predicted molar refractivity (Wildman–Crippen MR) is 104 cm³/mol. The summed E-state index contributed by atoms with van der Waals surface area (Å²) in [6, 6.07) is 3.48. The van der Waals surface area contributed by atoms with Crippen LogP contribution in [0.4, 0.5) is 0 Å². The number of carbonyl (C=O) groups is 2. The molecular weight excluding hydrogens is 378 g/mol. The molecule has 3 rings (SSSR count). The lowest BCUT2D eigenvalue weighted by molar-refractivity contribution is 0.0696. The molecule has 29 heavy (non-hydrogen) atoms. The van der Waals surface area contributed by atoms with E-state index in [0.29, 0.717) is 11.6 Å². The number of nitrogens with zero attached hydrogens (tertiary/aromatic N) is 2. The number of nitrogens with one attached hydrogen (secondary N) is 1. The smallest absolute Gasteiger partial charge is 0.335 e. The van der Waals surface area contributed by atoms with E-state index in [1.54, 1.807) is 11.8 Å². The topological polar surface area (TPSA) is 125 Å². The largest absolute Gasteiger partial charge is 0.478 e. The molecule has 1 aromatic carbocycles. The maximum Gasteiger partial charge on any atom is 0.335 e. The molecule has 1 aliphatic heterocycles. The Morgan fingerprint density at radius 3 is 2.17 bits per heavy atom. The molecule has 9 heteroatoms. The van der Waals surface area contributed by atoms with Gasteiger partial charge in [0.25, 0.3) is 5.56 Å². The molecule has 1 aromatic heterocycles. The molecule has 9 nitrogen and oxygen atoms in total. The number of ether oxygens (including phenoxy) is 1. The third-order valence-electron chi connectivity index (χ3n) is 4.69. The molecule has 0 atom stereocenters. The zero-order chi connectivity index (χ0) is 21.5. The monoisotopic (exact) mass is 397 g/mol. The molecule has 0 unspecified atom stereocenters. The molecule has 0 fully saturated rings. The minimum absolute atomic E-state index is 0.102. The summed E-state index contributed by atoms with van der Waals surface area (Å²) in [5.74, 6) is -1.42. The quantitative estimate of drug-likeness (QED) is 0.677. The molecular formula is C20H19N3O6. The van der Waals surface area contributed by atoms with E-state index in [0.717, 1.165) is 22.2 Å². The molecule has 0 saturated heterocycles. The highest BCUT2D eigenvalue weighted by atomic mass is 16.5. The van der Waals surface area contributed by atoms with Crippen molar-refractivity contribution in [3.8, 4) is 5.69 Å².